The van der Waals surface area contributed by atoms with Gasteiger partial charge in [0.25, 0.3) is 0 Å². The predicted octanol–water partition coefficient (Wildman–Crippen LogP) is 4.14. The summed E-state index contributed by atoms with van der Waals surface area (Å²) in [6.45, 7) is 13.4. The average Bonchev–Trinajstić information content (AvgIpc) is 2.15. The van der Waals surface area contributed by atoms with E-state index in [0.29, 0.717) is 11.8 Å². The maximum Gasteiger partial charge on any atom is 0.0460 e. The summed E-state index contributed by atoms with van der Waals surface area (Å²) in [6, 6.07) is 6.39. The number of hydrogen-bond acceptors (Lipinski definition) is 1. The van der Waals surface area contributed by atoms with Crippen LogP contribution in [0.4, 0.5) is 0 Å². The first-order chi connectivity index (χ1) is 6.82. The Kier molecular flexibility index (Phi) is 3.54. The van der Waals surface area contributed by atoms with Gasteiger partial charge in [0.1, 0.15) is 0 Å². The molecule has 1 heterocycles. The molecule has 1 aromatic heterocycles. The number of rotatable bonds is 2. The quantitative estimate of drug-likeness (QED) is 0.707. The van der Waals surface area contributed by atoms with Crippen molar-refractivity contribution in [1.82, 2.24) is 4.98 Å². The maximum absolute atomic E-state index is 4.77. The van der Waals surface area contributed by atoms with Gasteiger partial charge in [0.2, 0.25) is 0 Å². The molecule has 0 saturated heterocycles. The monoisotopic (exact) mass is 205 g/mol. The van der Waals surface area contributed by atoms with E-state index in [1.807, 2.05) is 0 Å². The topological polar surface area (TPSA) is 12.9 Å². The fourth-order valence-electron chi connectivity index (χ4n) is 1.46. The van der Waals surface area contributed by atoms with Crippen molar-refractivity contribution in [3.05, 3.63) is 29.6 Å². The first-order valence-corrected chi connectivity index (χ1v) is 5.80. The minimum absolute atomic E-state index is 0.146. The number of pyridine rings is 1. The van der Waals surface area contributed by atoms with Gasteiger partial charge in [-0.2, -0.15) is 0 Å². The molecule has 1 rings (SSSR count). The number of hydrogen-bond donors (Lipinski definition) is 0. The molecule has 0 amide bonds. The third-order valence-corrected chi connectivity index (χ3v) is 3.01. The Morgan fingerprint density at radius 3 is 2.13 bits per heavy atom. The van der Waals surface area contributed by atoms with E-state index in [4.69, 9.17) is 4.98 Å². The summed E-state index contributed by atoms with van der Waals surface area (Å²) >= 11 is 0. The summed E-state index contributed by atoms with van der Waals surface area (Å²) in [5.74, 6) is 1.18. The van der Waals surface area contributed by atoms with Gasteiger partial charge in [-0.3, -0.25) is 4.98 Å². The molecule has 0 saturated carbocycles. The van der Waals surface area contributed by atoms with Gasteiger partial charge in [0.05, 0.1) is 0 Å². The van der Waals surface area contributed by atoms with Crippen LogP contribution in [0.1, 0.15) is 58.8 Å². The lowest BCUT2D eigenvalue weighted by Gasteiger charge is -2.21. The van der Waals surface area contributed by atoms with Gasteiger partial charge in [0.15, 0.2) is 0 Å². The lowest BCUT2D eigenvalue weighted by Crippen LogP contribution is -2.15. The molecular formula is C14H23N. The number of aromatic nitrogens is 1. The predicted molar refractivity (Wildman–Crippen MR) is 66.2 cm³/mol. The zero-order valence-corrected chi connectivity index (χ0v) is 10.8. The normalized spacial score (nSPS) is 14.3. The summed E-state index contributed by atoms with van der Waals surface area (Å²) in [5.41, 5.74) is 2.55. The Morgan fingerprint density at radius 2 is 1.67 bits per heavy atom. The van der Waals surface area contributed by atoms with E-state index < -0.39 is 0 Å². The Balaban J connectivity index is 3.03. The van der Waals surface area contributed by atoms with Gasteiger partial charge in [0, 0.05) is 22.7 Å². The van der Waals surface area contributed by atoms with E-state index in [1.54, 1.807) is 0 Å². The highest BCUT2D eigenvalue weighted by Gasteiger charge is 2.18. The van der Waals surface area contributed by atoms with E-state index in [9.17, 15) is 0 Å². The molecule has 1 heteroatoms. The molecule has 0 spiro atoms. The molecule has 0 unspecified atom stereocenters. The van der Waals surface area contributed by atoms with Crippen LogP contribution in [0.2, 0.25) is 0 Å². The highest BCUT2D eigenvalue weighted by molar-refractivity contribution is 5.19. The third-order valence-electron chi connectivity index (χ3n) is 3.01. The highest BCUT2D eigenvalue weighted by Crippen LogP contribution is 2.25. The second-order valence-corrected chi connectivity index (χ2v) is 5.73. The summed E-state index contributed by atoms with van der Waals surface area (Å²) in [6.07, 6.45) is 0. The van der Waals surface area contributed by atoms with E-state index in [1.165, 1.54) is 11.4 Å². The highest BCUT2D eigenvalue weighted by atomic mass is 14.7. The van der Waals surface area contributed by atoms with Crippen molar-refractivity contribution in [2.45, 2.75) is 52.9 Å². The molecule has 1 atom stereocenters. The second kappa shape index (κ2) is 4.34. The summed E-state index contributed by atoms with van der Waals surface area (Å²) in [4.78, 5) is 4.77. The molecule has 0 fully saturated rings. The maximum atomic E-state index is 4.77. The number of nitrogens with zero attached hydrogens (tertiary/aromatic N) is 1. The molecule has 0 radical (unpaired) electrons. The Bertz CT molecular complexity index is 320. The first kappa shape index (κ1) is 12.2. The summed E-state index contributed by atoms with van der Waals surface area (Å²) < 4.78 is 0. The third kappa shape index (κ3) is 3.05. The lowest BCUT2D eigenvalue weighted by molar-refractivity contribution is 0.509. The van der Waals surface area contributed by atoms with Crippen LogP contribution in [-0.2, 0) is 5.41 Å². The minimum atomic E-state index is 0.146. The van der Waals surface area contributed by atoms with Gasteiger partial charge in [-0.05, 0) is 18.1 Å². The fraction of sp³-hybridized carbons (Fsp3) is 0.643. The second-order valence-electron chi connectivity index (χ2n) is 5.73. The molecule has 0 aliphatic carbocycles. The van der Waals surface area contributed by atoms with Crippen molar-refractivity contribution in [1.29, 1.82) is 0 Å². The summed E-state index contributed by atoms with van der Waals surface area (Å²) in [5, 5.41) is 0. The Morgan fingerprint density at radius 1 is 1.07 bits per heavy atom. The van der Waals surface area contributed by atoms with E-state index in [0.717, 1.165) is 0 Å². The van der Waals surface area contributed by atoms with Crippen LogP contribution in [-0.4, -0.2) is 4.98 Å². The van der Waals surface area contributed by atoms with Crippen LogP contribution < -0.4 is 0 Å². The SMILES string of the molecule is CC(C)[C@H](C)c1cccc(C(C)(C)C)n1. The molecule has 0 N–H and O–H groups in total. The standard InChI is InChI=1S/C14H23N/c1-10(2)11(3)12-8-7-9-13(15-12)14(4,5)6/h7-11H,1-6H3/t11-/m0/s1. The van der Waals surface area contributed by atoms with Crippen molar-refractivity contribution in [3.63, 3.8) is 0 Å². The molecular weight excluding hydrogens is 182 g/mol. The fourth-order valence-corrected chi connectivity index (χ4v) is 1.46. The molecule has 15 heavy (non-hydrogen) atoms. The van der Waals surface area contributed by atoms with E-state index >= 15 is 0 Å². The van der Waals surface area contributed by atoms with Crippen LogP contribution in [0.5, 0.6) is 0 Å². The summed E-state index contributed by atoms with van der Waals surface area (Å²) in [7, 11) is 0. The Labute approximate surface area is 93.9 Å². The largest absolute Gasteiger partial charge is 0.257 e. The van der Waals surface area contributed by atoms with Crippen LogP contribution in [0.3, 0.4) is 0 Å². The van der Waals surface area contributed by atoms with Crippen molar-refractivity contribution >= 4 is 0 Å². The molecule has 0 aliphatic rings. The van der Waals surface area contributed by atoms with Crippen LogP contribution >= 0.6 is 0 Å². The van der Waals surface area contributed by atoms with Crippen LogP contribution in [0, 0.1) is 5.92 Å². The van der Waals surface area contributed by atoms with Gasteiger partial charge in [-0.1, -0.05) is 47.6 Å². The van der Waals surface area contributed by atoms with Crippen molar-refractivity contribution in [3.8, 4) is 0 Å². The zero-order valence-electron chi connectivity index (χ0n) is 10.8. The van der Waals surface area contributed by atoms with Crippen LogP contribution in [0.25, 0.3) is 0 Å². The van der Waals surface area contributed by atoms with Crippen LogP contribution in [0.15, 0.2) is 18.2 Å². The van der Waals surface area contributed by atoms with Crippen molar-refractivity contribution in [2.24, 2.45) is 5.92 Å². The van der Waals surface area contributed by atoms with Crippen molar-refractivity contribution < 1.29 is 0 Å². The molecule has 1 nitrogen and oxygen atoms in total. The minimum Gasteiger partial charge on any atom is -0.257 e. The van der Waals surface area contributed by atoms with Crippen molar-refractivity contribution in [2.75, 3.05) is 0 Å². The average molecular weight is 205 g/mol. The van der Waals surface area contributed by atoms with E-state index in [-0.39, 0.29) is 5.41 Å². The molecule has 1 aromatic rings. The lowest BCUT2D eigenvalue weighted by atomic mass is 9.89. The van der Waals surface area contributed by atoms with Gasteiger partial charge < -0.3 is 0 Å². The Hall–Kier alpha value is -0.850. The van der Waals surface area contributed by atoms with Gasteiger partial charge >= 0.3 is 0 Å². The van der Waals surface area contributed by atoms with E-state index in [2.05, 4.69) is 59.7 Å². The molecule has 0 aliphatic heterocycles. The molecule has 84 valence electrons. The van der Waals surface area contributed by atoms with Gasteiger partial charge in [-0.25, -0.2) is 0 Å². The zero-order chi connectivity index (χ0) is 11.6. The van der Waals surface area contributed by atoms with Gasteiger partial charge in [-0.15, -0.1) is 0 Å². The smallest absolute Gasteiger partial charge is 0.0460 e. The molecule has 0 aromatic carbocycles. The first-order valence-electron chi connectivity index (χ1n) is 5.80. The molecule has 0 bridgehead atoms.